The molecule has 0 atom stereocenters. The molecule has 0 saturated carbocycles. The highest BCUT2D eigenvalue weighted by Gasteiger charge is 2.32. The molecule has 1 amide bonds. The van der Waals surface area contributed by atoms with Crippen LogP contribution in [-0.2, 0) is 4.79 Å². The van der Waals surface area contributed by atoms with Gasteiger partial charge in [0.25, 0.3) is 5.91 Å². The van der Waals surface area contributed by atoms with Crippen LogP contribution < -0.4 is 4.74 Å². The predicted molar refractivity (Wildman–Crippen MR) is 128 cm³/mol. The minimum atomic E-state index is -0.0202. The van der Waals surface area contributed by atoms with Crippen molar-refractivity contribution in [1.29, 1.82) is 0 Å². The topological polar surface area (TPSA) is 46.8 Å². The first kappa shape index (κ1) is 21.0. The van der Waals surface area contributed by atoms with Crippen LogP contribution in [0.25, 0.3) is 11.8 Å². The van der Waals surface area contributed by atoms with Gasteiger partial charge in [-0.2, -0.15) is 0 Å². The average molecular weight is 432 g/mol. The number of ether oxygens (including phenoxy) is 1. The Morgan fingerprint density at radius 1 is 1.10 bits per heavy atom. The summed E-state index contributed by atoms with van der Waals surface area (Å²) in [5.74, 6) is 0.757. The zero-order valence-corrected chi connectivity index (χ0v) is 18.9. The number of methoxy groups -OCH3 is 1. The summed E-state index contributed by atoms with van der Waals surface area (Å²) < 4.78 is 7.32. The summed E-state index contributed by atoms with van der Waals surface area (Å²) in [6.07, 6.45) is 3.98. The normalized spacial score (nSPS) is 16.5. The Bertz CT molecular complexity index is 1180. The number of nitrogens with zero attached hydrogens (tertiary/aromatic N) is 3. The summed E-state index contributed by atoms with van der Waals surface area (Å²) in [4.78, 5) is 20.1. The molecule has 0 bridgehead atoms. The van der Waals surface area contributed by atoms with Gasteiger partial charge in [0.1, 0.15) is 5.75 Å². The molecule has 3 aromatic rings. The van der Waals surface area contributed by atoms with E-state index in [0.717, 1.165) is 22.8 Å². The molecule has 1 saturated heterocycles. The molecule has 0 aliphatic carbocycles. The van der Waals surface area contributed by atoms with Crippen molar-refractivity contribution in [2.75, 3.05) is 13.7 Å². The summed E-state index contributed by atoms with van der Waals surface area (Å²) in [5, 5.41) is 0.688. The number of aromatic nitrogens is 1. The average Bonchev–Trinajstić information content (AvgIpc) is 3.33. The van der Waals surface area contributed by atoms with Gasteiger partial charge in [0.2, 0.25) is 0 Å². The molecule has 0 N–H and O–H groups in total. The summed E-state index contributed by atoms with van der Waals surface area (Å²) in [7, 11) is 1.64. The van der Waals surface area contributed by atoms with Crippen molar-refractivity contribution >= 4 is 34.6 Å². The largest absolute Gasteiger partial charge is 0.497 e. The maximum Gasteiger partial charge on any atom is 0.266 e. The second-order valence-electron chi connectivity index (χ2n) is 7.35. The Morgan fingerprint density at radius 2 is 1.87 bits per heavy atom. The van der Waals surface area contributed by atoms with Gasteiger partial charge < -0.3 is 9.30 Å². The fourth-order valence-corrected chi connectivity index (χ4v) is 4.63. The lowest BCUT2D eigenvalue weighted by atomic mass is 10.1. The van der Waals surface area contributed by atoms with E-state index in [1.165, 1.54) is 22.9 Å². The molecule has 0 radical (unpaired) electrons. The second kappa shape index (κ2) is 8.86. The van der Waals surface area contributed by atoms with Crippen molar-refractivity contribution in [3.63, 3.8) is 0 Å². The van der Waals surface area contributed by atoms with Crippen molar-refractivity contribution in [3.05, 3.63) is 82.5 Å². The van der Waals surface area contributed by atoms with E-state index < -0.39 is 0 Å². The van der Waals surface area contributed by atoms with Gasteiger partial charge in [0.15, 0.2) is 5.17 Å². The highest BCUT2D eigenvalue weighted by molar-refractivity contribution is 8.18. The van der Waals surface area contributed by atoms with Gasteiger partial charge in [-0.05, 0) is 86.6 Å². The molecule has 4 rings (SSSR count). The zero-order valence-electron chi connectivity index (χ0n) is 18.1. The van der Waals surface area contributed by atoms with Crippen LogP contribution in [0, 0.1) is 13.8 Å². The second-order valence-corrected chi connectivity index (χ2v) is 8.35. The Balaban J connectivity index is 1.67. The Kier molecular flexibility index (Phi) is 6.00. The van der Waals surface area contributed by atoms with Crippen LogP contribution in [0.15, 0.2) is 70.7 Å². The molecular formula is C25H25N3O2S. The summed E-state index contributed by atoms with van der Waals surface area (Å²) in [6.45, 7) is 6.72. The van der Waals surface area contributed by atoms with Gasteiger partial charge in [0, 0.05) is 24.1 Å². The van der Waals surface area contributed by atoms with E-state index in [2.05, 4.69) is 36.6 Å². The number of carbonyl (C=O) groups excluding carboxylic acids is 1. The molecule has 1 aromatic heterocycles. The van der Waals surface area contributed by atoms with Gasteiger partial charge in [-0.25, -0.2) is 4.99 Å². The molecular weight excluding hydrogens is 406 g/mol. The van der Waals surface area contributed by atoms with Crippen LogP contribution in [0.5, 0.6) is 5.75 Å². The molecule has 1 aliphatic rings. The first-order valence-electron chi connectivity index (χ1n) is 10.2. The number of amides is 1. The summed E-state index contributed by atoms with van der Waals surface area (Å²) >= 11 is 1.41. The Labute approximate surface area is 187 Å². The Morgan fingerprint density at radius 3 is 2.55 bits per heavy atom. The number of aryl methyl sites for hydroxylation is 2. The van der Waals surface area contributed by atoms with E-state index in [4.69, 9.17) is 9.73 Å². The van der Waals surface area contributed by atoms with Crippen molar-refractivity contribution in [1.82, 2.24) is 9.47 Å². The predicted octanol–water partition coefficient (Wildman–Crippen LogP) is 5.73. The molecule has 31 heavy (non-hydrogen) atoms. The number of likely N-dealkylation sites (N-methyl/N-ethyl adjacent to an activating group) is 1. The number of carbonyl (C=O) groups is 1. The van der Waals surface area contributed by atoms with Crippen molar-refractivity contribution < 1.29 is 9.53 Å². The first-order chi connectivity index (χ1) is 15.0. The number of hydrogen-bond acceptors (Lipinski definition) is 4. The molecule has 0 spiro atoms. The third kappa shape index (κ3) is 4.30. The lowest BCUT2D eigenvalue weighted by molar-refractivity contribution is -0.122. The molecule has 6 heteroatoms. The van der Waals surface area contributed by atoms with E-state index >= 15 is 0 Å². The molecule has 1 aliphatic heterocycles. The standard InChI is InChI=1S/C25H25N3O2S/c1-5-27-24(29)23(31-25(27)26-19-9-11-21(30-4)12-10-19)16-20-7-6-14-28(20)22-13-8-17(2)15-18(22)3/h6-16H,5H2,1-4H3/b23-16+,26-25?. The van der Waals surface area contributed by atoms with Crippen LogP contribution >= 0.6 is 11.8 Å². The summed E-state index contributed by atoms with van der Waals surface area (Å²) in [5.41, 5.74) is 5.28. The number of amidine groups is 1. The van der Waals surface area contributed by atoms with Gasteiger partial charge in [-0.3, -0.25) is 9.69 Å². The van der Waals surface area contributed by atoms with Gasteiger partial charge in [-0.15, -0.1) is 0 Å². The monoisotopic (exact) mass is 431 g/mol. The fraction of sp³-hybridized carbons (Fsp3) is 0.200. The summed E-state index contributed by atoms with van der Waals surface area (Å²) in [6, 6.07) is 17.9. The molecule has 2 heterocycles. The molecule has 2 aromatic carbocycles. The highest BCUT2D eigenvalue weighted by Crippen LogP contribution is 2.34. The molecule has 158 valence electrons. The molecule has 1 fully saturated rings. The van der Waals surface area contributed by atoms with Crippen LogP contribution in [0.3, 0.4) is 0 Å². The van der Waals surface area contributed by atoms with Crippen LogP contribution in [0.2, 0.25) is 0 Å². The van der Waals surface area contributed by atoms with Crippen LogP contribution in [0.4, 0.5) is 5.69 Å². The number of benzene rings is 2. The van der Waals surface area contributed by atoms with E-state index in [1.807, 2.05) is 55.6 Å². The lowest BCUT2D eigenvalue weighted by Gasteiger charge is -2.12. The zero-order chi connectivity index (χ0) is 22.0. The third-order valence-corrected chi connectivity index (χ3v) is 6.18. The van der Waals surface area contributed by atoms with Crippen LogP contribution in [0.1, 0.15) is 23.7 Å². The van der Waals surface area contributed by atoms with E-state index in [-0.39, 0.29) is 5.91 Å². The number of thioether (sulfide) groups is 1. The smallest absolute Gasteiger partial charge is 0.266 e. The quantitative estimate of drug-likeness (QED) is 0.485. The van der Waals surface area contributed by atoms with E-state index in [0.29, 0.717) is 16.6 Å². The molecule has 0 unspecified atom stereocenters. The maximum absolute atomic E-state index is 13.0. The van der Waals surface area contributed by atoms with E-state index in [1.54, 1.807) is 12.0 Å². The van der Waals surface area contributed by atoms with Crippen molar-refractivity contribution in [2.24, 2.45) is 4.99 Å². The number of aliphatic imine (C=N–C) groups is 1. The van der Waals surface area contributed by atoms with E-state index in [9.17, 15) is 4.79 Å². The number of rotatable bonds is 5. The lowest BCUT2D eigenvalue weighted by Crippen LogP contribution is -2.28. The minimum absolute atomic E-state index is 0.0202. The maximum atomic E-state index is 13.0. The molecule has 5 nitrogen and oxygen atoms in total. The SMILES string of the molecule is CCN1C(=O)/C(=C\c2cccn2-c2ccc(C)cc2C)SC1=Nc1ccc(OC)cc1. The van der Waals surface area contributed by atoms with Gasteiger partial charge in [0.05, 0.1) is 17.7 Å². The minimum Gasteiger partial charge on any atom is -0.497 e. The third-order valence-electron chi connectivity index (χ3n) is 5.17. The van der Waals surface area contributed by atoms with Crippen molar-refractivity contribution in [2.45, 2.75) is 20.8 Å². The Hall–Kier alpha value is -3.25. The number of hydrogen-bond donors (Lipinski definition) is 0. The fourth-order valence-electron chi connectivity index (χ4n) is 3.58. The van der Waals surface area contributed by atoms with Crippen molar-refractivity contribution in [3.8, 4) is 11.4 Å². The first-order valence-corrected chi connectivity index (χ1v) is 11.0. The highest BCUT2D eigenvalue weighted by atomic mass is 32.2. The van der Waals surface area contributed by atoms with Crippen LogP contribution in [-0.4, -0.2) is 34.2 Å². The van der Waals surface area contributed by atoms with Gasteiger partial charge in [-0.1, -0.05) is 17.7 Å². The van der Waals surface area contributed by atoms with Gasteiger partial charge >= 0.3 is 0 Å².